The van der Waals surface area contributed by atoms with E-state index < -0.39 is 6.04 Å². The van der Waals surface area contributed by atoms with Gasteiger partial charge in [-0.15, -0.1) is 0 Å². The van der Waals surface area contributed by atoms with Crippen LogP contribution < -0.4 is 25.8 Å². The van der Waals surface area contributed by atoms with Crippen LogP contribution in [-0.4, -0.2) is 45.2 Å². The summed E-state index contributed by atoms with van der Waals surface area (Å²) >= 11 is 0. The molecule has 0 fully saturated rings. The summed E-state index contributed by atoms with van der Waals surface area (Å²) in [4.78, 5) is 23.5. The molecular weight excluding hydrogens is 310 g/mol. The van der Waals surface area contributed by atoms with Crippen LogP contribution in [-0.2, 0) is 16.0 Å². The van der Waals surface area contributed by atoms with Gasteiger partial charge in [0.05, 0.1) is 26.8 Å². The van der Waals surface area contributed by atoms with Crippen LogP contribution in [0.4, 0.5) is 0 Å². The number of nitrogens with two attached hydrogens (primary N) is 1. The summed E-state index contributed by atoms with van der Waals surface area (Å²) in [6, 6.07) is 4.92. The molecule has 1 atom stereocenters. The fourth-order valence-electron chi connectivity index (χ4n) is 2.05. The van der Waals surface area contributed by atoms with Crippen LogP contribution in [0.5, 0.6) is 11.5 Å². The summed E-state index contributed by atoms with van der Waals surface area (Å²) in [6.07, 6.45) is 0.609. The zero-order valence-electron chi connectivity index (χ0n) is 14.7. The van der Waals surface area contributed by atoms with Gasteiger partial charge in [-0.1, -0.05) is 19.9 Å². The Labute approximate surface area is 142 Å². The van der Waals surface area contributed by atoms with Gasteiger partial charge in [0.15, 0.2) is 0 Å². The summed E-state index contributed by atoms with van der Waals surface area (Å²) in [6.45, 7) is 4.06. The number of hydrogen-bond donors (Lipinski definition) is 3. The number of rotatable bonds is 9. The van der Waals surface area contributed by atoms with E-state index in [9.17, 15) is 9.59 Å². The molecule has 1 aromatic carbocycles. The third-order valence-electron chi connectivity index (χ3n) is 3.65. The minimum absolute atomic E-state index is 0.0237. The van der Waals surface area contributed by atoms with Gasteiger partial charge in [0.1, 0.15) is 11.5 Å². The Hall–Kier alpha value is -2.28. The molecule has 0 radical (unpaired) electrons. The Bertz CT molecular complexity index is 561. The lowest BCUT2D eigenvalue weighted by atomic mass is 10.1. The Kier molecular flexibility index (Phi) is 8.05. The van der Waals surface area contributed by atoms with Crippen LogP contribution in [0.15, 0.2) is 18.2 Å². The second-order valence-corrected chi connectivity index (χ2v) is 5.77. The first-order chi connectivity index (χ1) is 11.4. The summed E-state index contributed by atoms with van der Waals surface area (Å²) < 4.78 is 10.5. The van der Waals surface area contributed by atoms with Crippen LogP contribution in [0.2, 0.25) is 0 Å². The third kappa shape index (κ3) is 6.08. The lowest BCUT2D eigenvalue weighted by Crippen LogP contribution is -2.47. The van der Waals surface area contributed by atoms with Crippen molar-refractivity contribution in [3.63, 3.8) is 0 Å². The molecule has 4 N–H and O–H groups in total. The Morgan fingerprint density at radius 2 is 1.88 bits per heavy atom. The molecule has 0 spiro atoms. The van der Waals surface area contributed by atoms with Crippen molar-refractivity contribution < 1.29 is 19.1 Å². The highest BCUT2D eigenvalue weighted by Gasteiger charge is 2.17. The molecule has 1 rings (SSSR count). The van der Waals surface area contributed by atoms with E-state index in [0.29, 0.717) is 24.5 Å². The van der Waals surface area contributed by atoms with Crippen molar-refractivity contribution in [2.75, 3.05) is 27.3 Å². The minimum atomic E-state index is -0.610. The highest BCUT2D eigenvalue weighted by molar-refractivity contribution is 5.87. The molecule has 0 aliphatic rings. The fraction of sp³-hybridized carbons (Fsp3) is 0.529. The molecule has 7 nitrogen and oxygen atoms in total. The number of amides is 2. The van der Waals surface area contributed by atoms with Crippen molar-refractivity contribution in [2.45, 2.75) is 26.3 Å². The second kappa shape index (κ2) is 9.77. The quantitative estimate of drug-likeness (QED) is 0.607. The van der Waals surface area contributed by atoms with E-state index in [1.807, 2.05) is 26.0 Å². The van der Waals surface area contributed by atoms with Crippen molar-refractivity contribution in [1.29, 1.82) is 0 Å². The van der Waals surface area contributed by atoms with Gasteiger partial charge in [0.2, 0.25) is 11.8 Å². The molecule has 2 amide bonds. The van der Waals surface area contributed by atoms with Crippen LogP contribution in [0.3, 0.4) is 0 Å². The molecule has 0 saturated carbocycles. The largest absolute Gasteiger partial charge is 0.497 e. The molecule has 0 aliphatic carbocycles. The molecule has 0 heterocycles. The molecular formula is C17H27N3O4. The average Bonchev–Trinajstić information content (AvgIpc) is 2.58. The molecule has 7 heteroatoms. The zero-order chi connectivity index (χ0) is 18.1. The Balaban J connectivity index is 2.39. The van der Waals surface area contributed by atoms with Crippen molar-refractivity contribution >= 4 is 11.8 Å². The summed E-state index contributed by atoms with van der Waals surface area (Å²) in [5.41, 5.74) is 6.67. The number of benzene rings is 1. The first-order valence-corrected chi connectivity index (χ1v) is 7.90. The van der Waals surface area contributed by atoms with Crippen molar-refractivity contribution in [2.24, 2.45) is 11.7 Å². The van der Waals surface area contributed by atoms with Gasteiger partial charge >= 0.3 is 0 Å². The lowest BCUT2D eigenvalue weighted by Gasteiger charge is -2.15. The standard InChI is InChI=1S/C17H27N3O4/c1-11(2)16(18)17(22)20-10-15(21)19-8-7-12-5-6-13(23-3)9-14(12)24-4/h5-6,9,11,16H,7-8,10,18H2,1-4H3,(H,19,21)(H,20,22)/t16-/m0/s1. The smallest absolute Gasteiger partial charge is 0.239 e. The first-order valence-electron chi connectivity index (χ1n) is 7.90. The first kappa shape index (κ1) is 19.8. The molecule has 134 valence electrons. The lowest BCUT2D eigenvalue weighted by molar-refractivity contribution is -0.127. The fourth-order valence-corrected chi connectivity index (χ4v) is 2.05. The Morgan fingerprint density at radius 3 is 2.46 bits per heavy atom. The number of carbonyl (C=O) groups excluding carboxylic acids is 2. The molecule has 24 heavy (non-hydrogen) atoms. The number of methoxy groups -OCH3 is 2. The number of carbonyl (C=O) groups is 2. The number of hydrogen-bond acceptors (Lipinski definition) is 5. The van der Waals surface area contributed by atoms with E-state index in [0.717, 1.165) is 5.56 Å². The zero-order valence-corrected chi connectivity index (χ0v) is 14.7. The number of nitrogens with one attached hydrogen (secondary N) is 2. The minimum Gasteiger partial charge on any atom is -0.497 e. The molecule has 0 aliphatic heterocycles. The normalized spacial score (nSPS) is 11.8. The predicted molar refractivity (Wildman–Crippen MR) is 92.1 cm³/mol. The highest BCUT2D eigenvalue weighted by atomic mass is 16.5. The van der Waals surface area contributed by atoms with Crippen molar-refractivity contribution in [3.05, 3.63) is 23.8 Å². The van der Waals surface area contributed by atoms with Gasteiger partial charge in [-0.25, -0.2) is 0 Å². The molecule has 0 saturated heterocycles. The summed E-state index contributed by atoms with van der Waals surface area (Å²) in [5, 5.41) is 5.29. The van der Waals surface area contributed by atoms with E-state index in [-0.39, 0.29) is 24.3 Å². The van der Waals surface area contributed by atoms with Gasteiger partial charge in [-0.3, -0.25) is 9.59 Å². The monoisotopic (exact) mass is 337 g/mol. The topological polar surface area (TPSA) is 103 Å². The van der Waals surface area contributed by atoms with Gasteiger partial charge in [0.25, 0.3) is 0 Å². The van der Waals surface area contributed by atoms with E-state index in [4.69, 9.17) is 15.2 Å². The predicted octanol–water partition coefficient (Wildman–Crippen LogP) is 0.462. The number of ether oxygens (including phenoxy) is 2. The van der Waals surface area contributed by atoms with E-state index in [1.54, 1.807) is 20.3 Å². The SMILES string of the molecule is COc1ccc(CCNC(=O)CNC(=O)[C@@H](N)C(C)C)c(OC)c1. The van der Waals surface area contributed by atoms with Gasteiger partial charge in [0, 0.05) is 12.6 Å². The van der Waals surface area contributed by atoms with Gasteiger partial charge in [-0.2, -0.15) is 0 Å². The third-order valence-corrected chi connectivity index (χ3v) is 3.65. The summed E-state index contributed by atoms with van der Waals surface area (Å²) in [5.74, 6) is 0.864. The van der Waals surface area contributed by atoms with E-state index >= 15 is 0 Å². The van der Waals surface area contributed by atoms with Gasteiger partial charge in [-0.05, 0) is 24.0 Å². The van der Waals surface area contributed by atoms with Crippen LogP contribution in [0.25, 0.3) is 0 Å². The average molecular weight is 337 g/mol. The maximum absolute atomic E-state index is 11.8. The van der Waals surface area contributed by atoms with E-state index in [2.05, 4.69) is 10.6 Å². The summed E-state index contributed by atoms with van der Waals surface area (Å²) in [7, 11) is 3.18. The van der Waals surface area contributed by atoms with Crippen molar-refractivity contribution in [1.82, 2.24) is 10.6 Å². The van der Waals surface area contributed by atoms with Crippen LogP contribution in [0, 0.1) is 5.92 Å². The second-order valence-electron chi connectivity index (χ2n) is 5.77. The van der Waals surface area contributed by atoms with Gasteiger partial charge < -0.3 is 25.8 Å². The molecule has 0 aromatic heterocycles. The molecule has 1 aromatic rings. The van der Waals surface area contributed by atoms with Crippen LogP contribution in [0.1, 0.15) is 19.4 Å². The maximum Gasteiger partial charge on any atom is 0.239 e. The molecule has 0 unspecified atom stereocenters. The Morgan fingerprint density at radius 1 is 1.17 bits per heavy atom. The van der Waals surface area contributed by atoms with Crippen molar-refractivity contribution in [3.8, 4) is 11.5 Å². The highest BCUT2D eigenvalue weighted by Crippen LogP contribution is 2.24. The van der Waals surface area contributed by atoms with E-state index in [1.165, 1.54) is 0 Å². The maximum atomic E-state index is 11.8. The van der Waals surface area contributed by atoms with Crippen LogP contribution >= 0.6 is 0 Å². The molecule has 0 bridgehead atoms.